The lowest BCUT2D eigenvalue weighted by molar-refractivity contribution is -0.252. The van der Waals surface area contributed by atoms with E-state index in [1.165, 1.54) is 0 Å². The third-order valence-electron chi connectivity index (χ3n) is 15.3. The molecule has 0 aromatic heterocycles. The molecule has 11 atom stereocenters. The van der Waals surface area contributed by atoms with Crippen LogP contribution in [0.4, 0.5) is 8.78 Å². The van der Waals surface area contributed by atoms with E-state index in [1.54, 1.807) is 27.7 Å². The number of aliphatic hydroxyl groups is 3. The average Bonchev–Trinajstić information content (AvgIpc) is 3.37. The molecule has 1 saturated heterocycles. The van der Waals surface area contributed by atoms with Crippen LogP contribution in [0.3, 0.4) is 0 Å². The van der Waals surface area contributed by atoms with E-state index in [1.807, 2.05) is 0 Å². The first-order valence-electron chi connectivity index (χ1n) is 18.7. The molecule has 0 amide bonds. The first-order chi connectivity index (χ1) is 22.7. The number of fused-ring (bicyclic) bond motifs is 2. The van der Waals surface area contributed by atoms with Crippen molar-refractivity contribution in [1.29, 1.82) is 0 Å². The number of halogens is 2. The Morgan fingerprint density at radius 1 is 0.857 bits per heavy atom. The number of hydrogen-bond donors (Lipinski definition) is 3. The Morgan fingerprint density at radius 2 is 1.49 bits per heavy atom. The summed E-state index contributed by atoms with van der Waals surface area (Å²) in [5, 5.41) is 31.6. The van der Waals surface area contributed by atoms with Gasteiger partial charge in [-0.2, -0.15) is 0 Å². The minimum absolute atomic E-state index is 0.0510. The molecule has 6 rings (SSSR count). The van der Waals surface area contributed by atoms with Gasteiger partial charge in [-0.3, -0.25) is 0 Å². The number of rotatable bonds is 13. The maximum atomic E-state index is 15.8. The highest BCUT2D eigenvalue weighted by atomic mass is 19.3. The van der Waals surface area contributed by atoms with Gasteiger partial charge in [0.1, 0.15) is 12.7 Å². The molecule has 1 heterocycles. The highest BCUT2D eigenvalue weighted by Crippen LogP contribution is 2.90. The zero-order chi connectivity index (χ0) is 35.9. The summed E-state index contributed by atoms with van der Waals surface area (Å²) < 4.78 is 60.8. The largest absolute Gasteiger partial charge is 0.460 e. The fourth-order valence-corrected chi connectivity index (χ4v) is 13.0. The van der Waals surface area contributed by atoms with E-state index in [-0.39, 0.29) is 79.1 Å². The van der Waals surface area contributed by atoms with Gasteiger partial charge in [0, 0.05) is 23.7 Å². The Labute approximate surface area is 291 Å². The normalized spacial score (nSPS) is 46.4. The first-order valence-corrected chi connectivity index (χ1v) is 18.7. The summed E-state index contributed by atoms with van der Waals surface area (Å²) in [6.45, 7) is 14.6. The second-order valence-electron chi connectivity index (χ2n) is 18.4. The molecule has 11 heteroatoms. The smallest absolute Gasteiger partial charge is 0.332 e. The van der Waals surface area contributed by atoms with Crippen LogP contribution in [-0.2, 0) is 28.5 Å². The number of alkyl halides is 2. The third kappa shape index (κ3) is 5.73. The van der Waals surface area contributed by atoms with Crippen molar-refractivity contribution in [2.24, 2.45) is 44.8 Å². The van der Waals surface area contributed by atoms with E-state index in [2.05, 4.69) is 20.8 Å². The number of carbonyl (C=O) groups is 1. The summed E-state index contributed by atoms with van der Waals surface area (Å²) in [7, 11) is 0. The molecule has 0 aromatic rings. The minimum atomic E-state index is -2.88. The molecule has 3 N–H and O–H groups in total. The van der Waals surface area contributed by atoms with Crippen LogP contribution in [0.1, 0.15) is 106 Å². The lowest BCUT2D eigenvalue weighted by Gasteiger charge is -2.65. The fourth-order valence-electron chi connectivity index (χ4n) is 13.0. The van der Waals surface area contributed by atoms with Gasteiger partial charge >= 0.3 is 5.97 Å². The van der Waals surface area contributed by atoms with Gasteiger partial charge in [-0.05, 0) is 99.7 Å². The van der Waals surface area contributed by atoms with E-state index < -0.39 is 46.6 Å². The van der Waals surface area contributed by atoms with Crippen LogP contribution in [-0.4, -0.2) is 103 Å². The highest BCUT2D eigenvalue weighted by molar-refractivity contribution is 5.71. The molecule has 2 spiro atoms. The Bertz CT molecular complexity index is 1240. The van der Waals surface area contributed by atoms with Crippen molar-refractivity contribution in [3.63, 3.8) is 0 Å². The van der Waals surface area contributed by atoms with Gasteiger partial charge in [0.2, 0.25) is 0 Å². The molecule has 5 aliphatic carbocycles. The Hall–Kier alpha value is -0.950. The van der Waals surface area contributed by atoms with Crippen molar-refractivity contribution in [2.45, 2.75) is 142 Å². The van der Waals surface area contributed by atoms with Gasteiger partial charge in [-0.1, -0.05) is 27.7 Å². The molecule has 1 unspecified atom stereocenters. The Balaban J connectivity index is 1.23. The van der Waals surface area contributed by atoms with Gasteiger partial charge in [-0.25, -0.2) is 13.6 Å². The zero-order valence-electron chi connectivity index (χ0n) is 30.8. The topological polar surface area (TPSA) is 124 Å². The zero-order valence-corrected chi connectivity index (χ0v) is 30.8. The van der Waals surface area contributed by atoms with E-state index in [4.69, 9.17) is 28.8 Å². The molecule has 0 aromatic carbocycles. The number of ether oxygens (including phenoxy) is 5. The molecule has 282 valence electrons. The van der Waals surface area contributed by atoms with Crippen molar-refractivity contribution in [3.05, 3.63) is 0 Å². The summed E-state index contributed by atoms with van der Waals surface area (Å²) in [6, 6.07) is 0. The first kappa shape index (κ1) is 37.8. The minimum Gasteiger partial charge on any atom is -0.460 e. The third-order valence-corrected chi connectivity index (χ3v) is 15.3. The fraction of sp³-hybridized carbons (Fsp3) is 0.974. The highest BCUT2D eigenvalue weighted by Gasteiger charge is 2.86. The summed E-state index contributed by atoms with van der Waals surface area (Å²) in [6.07, 6.45) is 3.85. The maximum absolute atomic E-state index is 15.8. The van der Waals surface area contributed by atoms with Crippen LogP contribution in [0.2, 0.25) is 0 Å². The van der Waals surface area contributed by atoms with Crippen LogP contribution >= 0.6 is 0 Å². The predicted octanol–water partition coefficient (Wildman–Crippen LogP) is 5.30. The molecule has 9 nitrogen and oxygen atoms in total. The van der Waals surface area contributed by atoms with Crippen molar-refractivity contribution < 1.29 is 52.6 Å². The van der Waals surface area contributed by atoms with Crippen molar-refractivity contribution >= 4 is 5.97 Å². The summed E-state index contributed by atoms with van der Waals surface area (Å²) in [5.41, 5.74) is -4.03. The number of aliphatic hydroxyl groups excluding tert-OH is 2. The molecular formula is C38H62F2O9. The van der Waals surface area contributed by atoms with Gasteiger partial charge in [0.05, 0.1) is 63.1 Å². The Kier molecular flexibility index (Phi) is 9.71. The molecule has 1 aliphatic heterocycles. The van der Waals surface area contributed by atoms with E-state index in [0.717, 1.165) is 32.1 Å². The molecular weight excluding hydrogens is 638 g/mol. The van der Waals surface area contributed by atoms with Crippen LogP contribution in [0.25, 0.3) is 0 Å². The SMILES string of the molecule is CC(C)(O)[C@@H]1CC[C@@](C)([C@H]2[C@@H](O)C[C@@]3(C)[C@@H]4C[C@H](OC(=O)COCCOCCOCCO)C5C(C)(C)C(F)(F)CC[C@@]56C[C@@]46CC[C@]23C)O1. The monoisotopic (exact) mass is 700 g/mol. The van der Waals surface area contributed by atoms with Crippen molar-refractivity contribution in [1.82, 2.24) is 0 Å². The van der Waals surface area contributed by atoms with Gasteiger partial charge in [0.15, 0.2) is 0 Å². The molecule has 6 fully saturated rings. The van der Waals surface area contributed by atoms with E-state index >= 15 is 8.78 Å². The molecule has 5 saturated carbocycles. The van der Waals surface area contributed by atoms with Crippen molar-refractivity contribution in [2.75, 3.05) is 46.2 Å². The van der Waals surface area contributed by atoms with Crippen LogP contribution in [0.15, 0.2) is 0 Å². The lowest BCUT2D eigenvalue weighted by Crippen LogP contribution is -2.64. The number of hydrogen-bond acceptors (Lipinski definition) is 9. The molecule has 0 bridgehead atoms. The molecule has 49 heavy (non-hydrogen) atoms. The van der Waals surface area contributed by atoms with Crippen LogP contribution in [0, 0.1) is 44.8 Å². The van der Waals surface area contributed by atoms with E-state index in [9.17, 15) is 15.0 Å². The van der Waals surface area contributed by atoms with Gasteiger partial charge in [0.25, 0.3) is 5.92 Å². The summed E-state index contributed by atoms with van der Waals surface area (Å²) in [4.78, 5) is 13.3. The standard InChI is InChI=1S/C38H62F2O9/c1-31(2)30-25(48-28(43)22-47-19-18-46-17-16-45-15-14-41)20-26-34(6)21-24(42)29(35(7)9-8-27(49-35)32(3,4)44)33(34,5)10-11-36(26)23-37(30,36)12-13-38(31,39)40/h24-27,29-30,41-42,44H,8-23H2,1-7H3/t24-,25-,26-,27-,29-,30?,33+,34-,35-,36-,37+/m0/s1. The quantitative estimate of drug-likeness (QED) is 0.173. The summed E-state index contributed by atoms with van der Waals surface area (Å²) in [5.74, 6) is -3.97. The molecule has 0 radical (unpaired) electrons. The number of esters is 1. The second-order valence-corrected chi connectivity index (χ2v) is 18.4. The van der Waals surface area contributed by atoms with Crippen molar-refractivity contribution in [3.8, 4) is 0 Å². The lowest BCUT2D eigenvalue weighted by atomic mass is 9.41. The Morgan fingerprint density at radius 3 is 2.12 bits per heavy atom. The van der Waals surface area contributed by atoms with Crippen LogP contribution < -0.4 is 0 Å². The summed E-state index contributed by atoms with van der Waals surface area (Å²) >= 11 is 0. The average molecular weight is 701 g/mol. The van der Waals surface area contributed by atoms with E-state index in [0.29, 0.717) is 32.5 Å². The predicted molar refractivity (Wildman–Crippen MR) is 177 cm³/mol. The van der Waals surface area contributed by atoms with Crippen LogP contribution in [0.5, 0.6) is 0 Å². The second kappa shape index (κ2) is 12.6. The number of carbonyl (C=O) groups excluding carboxylic acids is 1. The van der Waals surface area contributed by atoms with Gasteiger partial charge < -0.3 is 39.0 Å². The maximum Gasteiger partial charge on any atom is 0.332 e. The molecule has 6 aliphatic rings. The van der Waals surface area contributed by atoms with Gasteiger partial charge in [-0.15, -0.1) is 0 Å².